The van der Waals surface area contributed by atoms with Crippen LogP contribution in [0.15, 0.2) is 78.9 Å². The van der Waals surface area contributed by atoms with E-state index in [-0.39, 0.29) is 17.6 Å². The molecule has 0 radical (unpaired) electrons. The van der Waals surface area contributed by atoms with Crippen LogP contribution in [0.5, 0.6) is 5.75 Å². The number of likely N-dealkylation sites (tertiary alicyclic amines) is 1. The van der Waals surface area contributed by atoms with Crippen LogP contribution in [0.3, 0.4) is 0 Å². The van der Waals surface area contributed by atoms with Gasteiger partial charge in [0.15, 0.2) is 0 Å². The number of nitrogens with two attached hydrogens (primary N) is 1. The van der Waals surface area contributed by atoms with E-state index in [1.165, 1.54) is 12.1 Å². The normalized spacial score (nSPS) is 20.3. The fourth-order valence-electron chi connectivity index (χ4n) is 5.51. The zero-order valence-corrected chi connectivity index (χ0v) is 19.4. The number of benzene rings is 3. The number of carbonyl (C=O) groups is 1. The molecule has 0 unspecified atom stereocenters. The summed E-state index contributed by atoms with van der Waals surface area (Å²) in [6.45, 7) is 2.89. The van der Waals surface area contributed by atoms with Crippen molar-refractivity contribution >= 4 is 5.91 Å². The van der Waals surface area contributed by atoms with Gasteiger partial charge in [-0.1, -0.05) is 60.7 Å². The Hall–Kier alpha value is -3.25. The Balaban J connectivity index is 1.51. The van der Waals surface area contributed by atoms with Gasteiger partial charge in [-0.25, -0.2) is 8.78 Å². The molecule has 178 valence electrons. The van der Waals surface area contributed by atoms with E-state index in [1.54, 1.807) is 0 Å². The van der Waals surface area contributed by atoms with Gasteiger partial charge in [-0.05, 0) is 11.1 Å². The zero-order chi connectivity index (χ0) is 24.2. The predicted octanol–water partition coefficient (Wildman–Crippen LogP) is 4.67. The maximum absolute atomic E-state index is 13.4. The molecule has 0 aliphatic carbocycles. The number of hydrogen-bond acceptors (Lipinski definition) is 2. The molecule has 4 nitrogen and oxygen atoms in total. The second-order valence-electron chi connectivity index (χ2n) is 9.45. The topological polar surface area (TPSA) is 52.3 Å². The second-order valence-corrected chi connectivity index (χ2v) is 9.45. The van der Waals surface area contributed by atoms with E-state index in [0.29, 0.717) is 6.61 Å². The highest BCUT2D eigenvalue weighted by atomic mass is 19.1. The highest BCUT2D eigenvalue weighted by Crippen LogP contribution is 2.45. The Morgan fingerprint density at radius 3 is 2.09 bits per heavy atom. The summed E-state index contributed by atoms with van der Waals surface area (Å²) < 4.78 is 33.1. The smallest absolute Gasteiger partial charge is 0.233 e. The van der Waals surface area contributed by atoms with Gasteiger partial charge in [0, 0.05) is 37.0 Å². The molecule has 6 heteroatoms. The summed E-state index contributed by atoms with van der Waals surface area (Å²) in [6, 6.07) is 22.9. The summed E-state index contributed by atoms with van der Waals surface area (Å²) >= 11 is 0. The fraction of sp³-hybridized carbons (Fsp3) is 0.321. The van der Waals surface area contributed by atoms with Gasteiger partial charge in [-0.3, -0.25) is 4.79 Å². The van der Waals surface area contributed by atoms with E-state index in [1.807, 2.05) is 60.7 Å². The van der Waals surface area contributed by atoms with Crippen molar-refractivity contribution in [2.24, 2.45) is 11.7 Å². The van der Waals surface area contributed by atoms with E-state index in [9.17, 15) is 13.6 Å². The Kier molecular flexibility index (Phi) is 6.98. The molecule has 0 bridgehead atoms. The minimum atomic E-state index is -0.909. The number of rotatable bonds is 9. The summed E-state index contributed by atoms with van der Waals surface area (Å²) in [7, 11) is 2.18. The SMILES string of the molecule is C[N@@+]1(CCCOc2cc(F)cc(F)c2)CC[C@@H](C(C(N)=O)(c2ccccc2)c2ccccc2)C1. The summed E-state index contributed by atoms with van der Waals surface area (Å²) in [5.41, 5.74) is 7.12. The number of halogens is 2. The summed E-state index contributed by atoms with van der Waals surface area (Å²) in [4.78, 5) is 13.2. The first kappa shape index (κ1) is 23.9. The van der Waals surface area contributed by atoms with Crippen molar-refractivity contribution in [1.29, 1.82) is 0 Å². The number of primary amides is 1. The molecule has 3 aromatic rings. The van der Waals surface area contributed by atoms with Gasteiger partial charge < -0.3 is 15.0 Å². The lowest BCUT2D eigenvalue weighted by molar-refractivity contribution is -0.899. The quantitative estimate of drug-likeness (QED) is 0.369. The number of ether oxygens (including phenoxy) is 1. The van der Waals surface area contributed by atoms with Crippen molar-refractivity contribution in [3.8, 4) is 5.75 Å². The highest BCUT2D eigenvalue weighted by molar-refractivity contribution is 5.91. The molecule has 2 atom stereocenters. The molecule has 3 aromatic carbocycles. The molecule has 1 aliphatic heterocycles. The first-order valence-electron chi connectivity index (χ1n) is 11.7. The van der Waals surface area contributed by atoms with E-state index >= 15 is 0 Å². The lowest BCUT2D eigenvalue weighted by Gasteiger charge is -2.38. The van der Waals surface area contributed by atoms with Crippen molar-refractivity contribution in [2.75, 3.05) is 33.3 Å². The molecule has 4 rings (SSSR count). The Morgan fingerprint density at radius 2 is 1.56 bits per heavy atom. The minimum Gasteiger partial charge on any atom is -0.493 e. The van der Waals surface area contributed by atoms with E-state index in [2.05, 4.69) is 7.05 Å². The van der Waals surface area contributed by atoms with Crippen molar-refractivity contribution in [3.05, 3.63) is 102 Å². The van der Waals surface area contributed by atoms with Crippen molar-refractivity contribution < 1.29 is 22.8 Å². The maximum atomic E-state index is 13.4. The van der Waals surface area contributed by atoms with Crippen LogP contribution < -0.4 is 10.5 Å². The Bertz CT molecular complexity index is 1060. The predicted molar refractivity (Wildman–Crippen MR) is 128 cm³/mol. The van der Waals surface area contributed by atoms with Gasteiger partial charge in [0.25, 0.3) is 0 Å². The van der Waals surface area contributed by atoms with Crippen LogP contribution in [0.25, 0.3) is 0 Å². The zero-order valence-electron chi connectivity index (χ0n) is 19.4. The molecule has 34 heavy (non-hydrogen) atoms. The molecule has 1 heterocycles. The van der Waals surface area contributed by atoms with Crippen LogP contribution in [0.4, 0.5) is 8.78 Å². The molecular weight excluding hydrogens is 434 g/mol. The molecule has 1 fully saturated rings. The van der Waals surface area contributed by atoms with Gasteiger partial charge in [-0.15, -0.1) is 0 Å². The summed E-state index contributed by atoms with van der Waals surface area (Å²) in [5.74, 6) is -1.40. The van der Waals surface area contributed by atoms with Crippen molar-refractivity contribution in [1.82, 2.24) is 0 Å². The maximum Gasteiger partial charge on any atom is 0.233 e. The van der Waals surface area contributed by atoms with Gasteiger partial charge in [-0.2, -0.15) is 0 Å². The Labute approximate surface area is 199 Å². The lowest BCUT2D eigenvalue weighted by Crippen LogP contribution is -2.51. The van der Waals surface area contributed by atoms with E-state index in [4.69, 9.17) is 10.5 Å². The summed E-state index contributed by atoms with van der Waals surface area (Å²) in [6.07, 6.45) is 1.58. The van der Waals surface area contributed by atoms with Crippen LogP contribution in [0.2, 0.25) is 0 Å². The molecule has 0 saturated carbocycles. The molecule has 0 spiro atoms. The number of nitrogens with zero attached hydrogens (tertiary/aromatic N) is 1. The third kappa shape index (κ3) is 4.82. The third-order valence-electron chi connectivity index (χ3n) is 7.08. The summed E-state index contributed by atoms with van der Waals surface area (Å²) in [5, 5.41) is 0. The number of carbonyl (C=O) groups excluding carboxylic acids is 1. The molecule has 1 aliphatic rings. The van der Waals surface area contributed by atoms with Crippen LogP contribution in [0.1, 0.15) is 24.0 Å². The highest BCUT2D eigenvalue weighted by Gasteiger charge is 2.53. The molecule has 1 saturated heterocycles. The minimum absolute atomic E-state index is 0.0398. The van der Waals surface area contributed by atoms with Crippen LogP contribution in [0, 0.1) is 17.6 Å². The third-order valence-corrected chi connectivity index (χ3v) is 7.08. The van der Waals surface area contributed by atoms with Crippen molar-refractivity contribution in [3.63, 3.8) is 0 Å². The number of amides is 1. The first-order chi connectivity index (χ1) is 16.3. The molecule has 1 amide bonds. The monoisotopic (exact) mass is 465 g/mol. The molecule has 0 aromatic heterocycles. The lowest BCUT2D eigenvalue weighted by atomic mass is 9.64. The second kappa shape index (κ2) is 9.94. The van der Waals surface area contributed by atoms with Gasteiger partial charge in [0.05, 0.1) is 33.3 Å². The fourth-order valence-corrected chi connectivity index (χ4v) is 5.51. The van der Waals surface area contributed by atoms with Crippen LogP contribution in [-0.2, 0) is 10.2 Å². The largest absolute Gasteiger partial charge is 0.493 e. The van der Waals surface area contributed by atoms with Crippen LogP contribution >= 0.6 is 0 Å². The Morgan fingerprint density at radius 1 is 1.00 bits per heavy atom. The van der Waals surface area contributed by atoms with E-state index < -0.39 is 17.0 Å². The van der Waals surface area contributed by atoms with Gasteiger partial charge in [0.1, 0.15) is 22.8 Å². The average molecular weight is 466 g/mol. The van der Waals surface area contributed by atoms with Crippen molar-refractivity contribution in [2.45, 2.75) is 18.3 Å². The first-order valence-corrected chi connectivity index (χ1v) is 11.7. The van der Waals surface area contributed by atoms with Gasteiger partial charge >= 0.3 is 0 Å². The number of quaternary nitrogens is 1. The molecular formula is C28H31F2N2O2+. The average Bonchev–Trinajstić information content (AvgIpc) is 3.20. The standard InChI is InChI=1S/C28H30F2N2O2/c1-32(14-8-16-34-26-18-24(29)17-25(30)19-26)15-13-23(20-32)28(27(31)33,21-9-4-2-5-10-21)22-11-6-3-7-12-22/h2-7,9-12,17-19,23H,8,13-16,20H2,1H3,(H-,31,33)/p+1/t23-,32-/m1/s1. The van der Waals surface area contributed by atoms with Crippen LogP contribution in [-0.4, -0.2) is 43.7 Å². The van der Waals surface area contributed by atoms with E-state index in [0.717, 1.165) is 54.2 Å². The van der Waals surface area contributed by atoms with Gasteiger partial charge in [0.2, 0.25) is 5.91 Å². The number of hydrogen-bond donors (Lipinski definition) is 1. The molecule has 2 N–H and O–H groups in total.